The summed E-state index contributed by atoms with van der Waals surface area (Å²) >= 11 is 0. The summed E-state index contributed by atoms with van der Waals surface area (Å²) in [5.41, 5.74) is 5.79. The molecule has 0 amide bonds. The molecular weight excluding hydrogens is 241 g/mol. The van der Waals surface area contributed by atoms with E-state index in [2.05, 4.69) is 15.0 Å². The van der Waals surface area contributed by atoms with Gasteiger partial charge in [-0.3, -0.25) is 14.3 Å². The Morgan fingerprint density at radius 3 is 3.11 bits per heavy atom. The van der Waals surface area contributed by atoms with Crippen molar-refractivity contribution >= 4 is 23.3 Å². The third-order valence-corrected chi connectivity index (χ3v) is 2.93. The first kappa shape index (κ1) is 10.9. The number of anilines is 1. The number of nitrogens with one attached hydrogen (secondary N) is 1. The molecule has 0 bridgehead atoms. The Morgan fingerprint density at radius 2 is 2.44 bits per heavy atom. The van der Waals surface area contributed by atoms with Crippen LogP contribution in [0.3, 0.4) is 0 Å². The summed E-state index contributed by atoms with van der Waals surface area (Å²) in [6, 6.07) is 0. The number of alkyl halides is 1. The summed E-state index contributed by atoms with van der Waals surface area (Å²) < 4.78 is 14.6. The van der Waals surface area contributed by atoms with Gasteiger partial charge in [-0.2, -0.15) is 4.98 Å². The second-order valence-electron chi connectivity index (χ2n) is 4.10. The molecule has 0 aliphatic heterocycles. The Labute approximate surface area is 99.8 Å². The summed E-state index contributed by atoms with van der Waals surface area (Å²) in [6.45, 7) is -0.249. The van der Waals surface area contributed by atoms with Gasteiger partial charge < -0.3 is 10.8 Å². The molecule has 0 radical (unpaired) electrons. The van der Waals surface area contributed by atoms with Crippen molar-refractivity contribution < 1.29 is 9.50 Å². The number of nitrogens with two attached hydrogens (primary N) is 1. The van der Waals surface area contributed by atoms with E-state index in [1.165, 1.54) is 17.1 Å². The maximum Gasteiger partial charge on any atom is 0.278 e. The maximum absolute atomic E-state index is 13.2. The van der Waals surface area contributed by atoms with Gasteiger partial charge >= 0.3 is 0 Å². The number of aromatic nitrogens is 4. The molecule has 2 heterocycles. The van der Waals surface area contributed by atoms with Crippen LogP contribution in [0.15, 0.2) is 16.7 Å². The van der Waals surface area contributed by atoms with Crippen LogP contribution in [0.4, 0.5) is 10.3 Å². The molecular formula is C10H10FN5O2. The number of aromatic amines is 1. The zero-order valence-electron chi connectivity index (χ0n) is 9.17. The number of aliphatic hydroxyl groups is 1. The van der Waals surface area contributed by atoms with Gasteiger partial charge in [-0.25, -0.2) is 9.37 Å². The van der Waals surface area contributed by atoms with E-state index in [9.17, 15) is 9.18 Å². The molecule has 1 aliphatic carbocycles. The number of halogens is 1. The largest absolute Gasteiger partial charge is 0.396 e. The number of rotatable bonds is 2. The van der Waals surface area contributed by atoms with Crippen molar-refractivity contribution in [3.05, 3.63) is 22.3 Å². The van der Waals surface area contributed by atoms with Crippen LogP contribution in [0.2, 0.25) is 0 Å². The predicted molar refractivity (Wildman–Crippen MR) is 62.3 cm³/mol. The minimum atomic E-state index is -1.16. The average Bonchev–Trinajstić information content (AvgIpc) is 2.74. The van der Waals surface area contributed by atoms with Crippen LogP contribution in [0, 0.1) is 5.92 Å². The molecule has 0 unspecified atom stereocenters. The van der Waals surface area contributed by atoms with Gasteiger partial charge in [0, 0.05) is 12.1 Å². The van der Waals surface area contributed by atoms with Crippen molar-refractivity contribution in [3.63, 3.8) is 0 Å². The molecule has 0 saturated heterocycles. The van der Waals surface area contributed by atoms with Gasteiger partial charge in [0.2, 0.25) is 5.95 Å². The Hall–Kier alpha value is -2.22. The fourth-order valence-electron chi connectivity index (χ4n) is 1.89. The monoisotopic (exact) mass is 251 g/mol. The Bertz CT molecular complexity index is 704. The van der Waals surface area contributed by atoms with Crippen molar-refractivity contribution in [2.24, 2.45) is 5.92 Å². The van der Waals surface area contributed by atoms with E-state index in [0.717, 1.165) is 0 Å². The van der Waals surface area contributed by atoms with E-state index < -0.39 is 17.6 Å². The number of fused-ring (bicyclic) bond motifs is 1. The SMILES string of the molecule is Nc1nc2ncn(/C=C3\[C@H](F)[C@H]3CO)c2c(=O)[nH]1. The molecule has 2 atom stereocenters. The van der Waals surface area contributed by atoms with Crippen LogP contribution >= 0.6 is 0 Å². The van der Waals surface area contributed by atoms with Crippen LogP contribution in [0.1, 0.15) is 0 Å². The molecule has 4 N–H and O–H groups in total. The normalized spacial score (nSPS) is 24.9. The average molecular weight is 251 g/mol. The van der Waals surface area contributed by atoms with Crippen molar-refractivity contribution in [3.8, 4) is 0 Å². The zero-order chi connectivity index (χ0) is 12.9. The first-order chi connectivity index (χ1) is 8.61. The highest BCUT2D eigenvalue weighted by molar-refractivity contribution is 5.74. The number of hydrogen-bond donors (Lipinski definition) is 3. The number of aliphatic hydroxyl groups excluding tert-OH is 1. The van der Waals surface area contributed by atoms with E-state index in [0.29, 0.717) is 5.57 Å². The molecule has 3 rings (SSSR count). The van der Waals surface area contributed by atoms with Crippen molar-refractivity contribution in [2.45, 2.75) is 6.17 Å². The highest BCUT2D eigenvalue weighted by Crippen LogP contribution is 2.41. The van der Waals surface area contributed by atoms with E-state index in [1.54, 1.807) is 0 Å². The Kier molecular flexibility index (Phi) is 2.20. The summed E-state index contributed by atoms with van der Waals surface area (Å²) in [6.07, 6.45) is 1.65. The van der Waals surface area contributed by atoms with Gasteiger partial charge in [0.1, 0.15) is 12.5 Å². The fourth-order valence-corrected chi connectivity index (χ4v) is 1.89. The van der Waals surface area contributed by atoms with Gasteiger partial charge in [-0.05, 0) is 5.57 Å². The van der Waals surface area contributed by atoms with Crippen LogP contribution in [-0.4, -0.2) is 37.4 Å². The van der Waals surface area contributed by atoms with Crippen molar-refractivity contribution in [1.82, 2.24) is 19.5 Å². The predicted octanol–water partition coefficient (Wildman–Crippen LogP) is -0.497. The molecule has 1 saturated carbocycles. The van der Waals surface area contributed by atoms with Gasteiger partial charge in [-0.1, -0.05) is 0 Å². The standard InChI is InChI=1S/C10H10FN5O2/c11-6-4(5(6)2-17)1-16-3-13-8-7(16)9(18)15-10(12)14-8/h1,3,5-6,17H,2H2,(H3,12,14,15,18)/b4-1-/t5-,6-/m0/s1. The molecule has 1 fully saturated rings. The third kappa shape index (κ3) is 1.50. The first-order valence-electron chi connectivity index (χ1n) is 5.30. The second-order valence-corrected chi connectivity index (χ2v) is 4.10. The van der Waals surface area contributed by atoms with Gasteiger partial charge in [0.15, 0.2) is 11.2 Å². The van der Waals surface area contributed by atoms with Crippen molar-refractivity contribution in [2.75, 3.05) is 12.3 Å². The fraction of sp³-hybridized carbons (Fsp3) is 0.300. The van der Waals surface area contributed by atoms with Crippen LogP contribution in [0.5, 0.6) is 0 Å². The molecule has 18 heavy (non-hydrogen) atoms. The van der Waals surface area contributed by atoms with Crippen LogP contribution in [-0.2, 0) is 0 Å². The lowest BCUT2D eigenvalue weighted by Crippen LogP contribution is -2.12. The number of hydrogen-bond acceptors (Lipinski definition) is 5. The van der Waals surface area contributed by atoms with Gasteiger partial charge in [0.25, 0.3) is 5.56 Å². The minimum Gasteiger partial charge on any atom is -0.396 e. The van der Waals surface area contributed by atoms with Crippen LogP contribution < -0.4 is 11.3 Å². The minimum absolute atomic E-state index is 0.0200. The maximum atomic E-state index is 13.2. The summed E-state index contributed by atoms with van der Waals surface area (Å²) in [5.74, 6) is -0.503. The van der Waals surface area contributed by atoms with Gasteiger partial charge in [0.05, 0.1) is 6.61 Å². The molecule has 7 nitrogen and oxygen atoms in total. The number of nitrogen functional groups attached to an aromatic ring is 1. The number of H-pyrrole nitrogens is 1. The second kappa shape index (κ2) is 3.64. The third-order valence-electron chi connectivity index (χ3n) is 2.93. The molecule has 94 valence electrons. The zero-order valence-corrected chi connectivity index (χ0v) is 9.17. The topological polar surface area (TPSA) is 110 Å². The van der Waals surface area contributed by atoms with E-state index in [-0.39, 0.29) is 23.7 Å². The van der Waals surface area contributed by atoms with E-state index >= 15 is 0 Å². The van der Waals surface area contributed by atoms with E-state index in [1.807, 2.05) is 0 Å². The highest BCUT2D eigenvalue weighted by Gasteiger charge is 2.44. The van der Waals surface area contributed by atoms with E-state index in [4.69, 9.17) is 10.8 Å². The lowest BCUT2D eigenvalue weighted by atomic mass is 10.4. The highest BCUT2D eigenvalue weighted by atomic mass is 19.1. The Morgan fingerprint density at radius 1 is 1.67 bits per heavy atom. The summed E-state index contributed by atoms with van der Waals surface area (Å²) in [5, 5.41) is 8.88. The molecule has 2 aromatic rings. The number of nitrogens with zero attached hydrogens (tertiary/aromatic N) is 3. The number of imidazole rings is 1. The molecule has 8 heteroatoms. The first-order valence-corrected chi connectivity index (χ1v) is 5.30. The Balaban J connectivity index is 2.12. The summed E-state index contributed by atoms with van der Waals surface area (Å²) in [4.78, 5) is 21.8. The van der Waals surface area contributed by atoms with Crippen LogP contribution in [0.25, 0.3) is 17.4 Å². The molecule has 0 spiro atoms. The quantitative estimate of drug-likeness (QED) is 0.666. The molecule has 1 aliphatic rings. The lowest BCUT2D eigenvalue weighted by molar-refractivity contribution is 0.259. The summed E-state index contributed by atoms with van der Waals surface area (Å²) in [7, 11) is 0. The van der Waals surface area contributed by atoms with Gasteiger partial charge in [-0.15, -0.1) is 0 Å². The molecule has 2 aromatic heterocycles. The van der Waals surface area contributed by atoms with Crippen molar-refractivity contribution in [1.29, 1.82) is 0 Å². The smallest absolute Gasteiger partial charge is 0.278 e. The lowest BCUT2D eigenvalue weighted by Gasteiger charge is -1.95. The molecule has 0 aromatic carbocycles.